The molecule has 7 heteroatoms. The lowest BCUT2D eigenvalue weighted by Gasteiger charge is -2.13. The van der Waals surface area contributed by atoms with Gasteiger partial charge < -0.3 is 5.32 Å². The van der Waals surface area contributed by atoms with Gasteiger partial charge in [0.25, 0.3) is 5.91 Å². The van der Waals surface area contributed by atoms with E-state index in [9.17, 15) is 22.4 Å². The van der Waals surface area contributed by atoms with Crippen LogP contribution in [0.5, 0.6) is 0 Å². The predicted octanol–water partition coefficient (Wildman–Crippen LogP) is 4.00. The van der Waals surface area contributed by atoms with Gasteiger partial charge in [-0.3, -0.25) is 4.79 Å². The second-order valence-corrected chi connectivity index (χ2v) is 5.28. The van der Waals surface area contributed by atoms with Gasteiger partial charge in [-0.25, -0.2) is 4.39 Å². The van der Waals surface area contributed by atoms with Crippen LogP contribution in [0.15, 0.2) is 18.2 Å². The zero-order valence-corrected chi connectivity index (χ0v) is 12.3. The van der Waals surface area contributed by atoms with Crippen LogP contribution in [0.1, 0.15) is 29.3 Å². The van der Waals surface area contributed by atoms with Crippen molar-refractivity contribution < 1.29 is 22.4 Å². The highest BCUT2D eigenvalue weighted by Gasteiger charge is 2.31. The Balaban J connectivity index is 2.82. The van der Waals surface area contributed by atoms with Crippen LogP contribution in [-0.4, -0.2) is 17.8 Å². The summed E-state index contributed by atoms with van der Waals surface area (Å²) in [5, 5.41) is 3.19. The number of carbonyl (C=O) groups excluding carboxylic acids is 1. The van der Waals surface area contributed by atoms with E-state index < -0.39 is 29.0 Å². The van der Waals surface area contributed by atoms with Crippen LogP contribution in [0.4, 0.5) is 17.6 Å². The molecule has 1 aromatic carbocycles. The van der Waals surface area contributed by atoms with Crippen LogP contribution in [0.2, 0.25) is 0 Å². The number of hydrogen-bond donors (Lipinski definition) is 1. The summed E-state index contributed by atoms with van der Waals surface area (Å²) in [5.74, 6) is -1.66. The molecule has 0 heterocycles. The predicted molar refractivity (Wildman–Crippen MR) is 71.3 cm³/mol. The van der Waals surface area contributed by atoms with Crippen LogP contribution in [-0.2, 0) is 6.18 Å². The maximum atomic E-state index is 13.4. The average Bonchev–Trinajstić information content (AvgIpc) is 2.35. The minimum absolute atomic E-state index is 0.146. The molecule has 0 saturated heterocycles. The lowest BCUT2D eigenvalue weighted by molar-refractivity contribution is -0.137. The summed E-state index contributed by atoms with van der Waals surface area (Å²) in [5.41, 5.74) is -1.64. The highest BCUT2D eigenvalue weighted by Crippen LogP contribution is 2.30. The van der Waals surface area contributed by atoms with Crippen LogP contribution >= 0.6 is 15.9 Å². The molecule has 1 amide bonds. The zero-order chi connectivity index (χ0) is 15.3. The summed E-state index contributed by atoms with van der Waals surface area (Å²) in [6.07, 6.45) is -3.81. The molecule has 0 aliphatic rings. The van der Waals surface area contributed by atoms with Crippen LogP contribution < -0.4 is 5.32 Å². The van der Waals surface area contributed by atoms with E-state index in [0.717, 1.165) is 11.8 Å². The molecule has 2 nitrogen and oxygen atoms in total. The fourth-order valence-corrected chi connectivity index (χ4v) is 2.31. The van der Waals surface area contributed by atoms with Gasteiger partial charge in [0, 0.05) is 11.9 Å². The van der Waals surface area contributed by atoms with E-state index in [2.05, 4.69) is 21.2 Å². The normalized spacial score (nSPS) is 13.1. The molecule has 1 rings (SSSR count). The van der Waals surface area contributed by atoms with Gasteiger partial charge in [0.2, 0.25) is 0 Å². The van der Waals surface area contributed by atoms with Crippen molar-refractivity contribution in [3.8, 4) is 0 Å². The Bertz CT molecular complexity index is 476. The molecule has 0 fully saturated rings. The van der Waals surface area contributed by atoms with Crippen LogP contribution in [0.25, 0.3) is 0 Å². The smallest absolute Gasteiger partial charge is 0.352 e. The average molecular weight is 356 g/mol. The molecule has 0 aromatic heterocycles. The topological polar surface area (TPSA) is 29.1 Å². The lowest BCUT2D eigenvalue weighted by Crippen LogP contribution is -2.29. The maximum absolute atomic E-state index is 13.4. The maximum Gasteiger partial charge on any atom is 0.416 e. The molecule has 20 heavy (non-hydrogen) atoms. The molecular weight excluding hydrogens is 342 g/mol. The van der Waals surface area contributed by atoms with E-state index in [1.54, 1.807) is 0 Å². The monoisotopic (exact) mass is 355 g/mol. The third kappa shape index (κ3) is 4.77. The third-order valence-electron chi connectivity index (χ3n) is 2.75. The number of alkyl halides is 4. The summed E-state index contributed by atoms with van der Waals surface area (Å²) in [7, 11) is 0. The number of rotatable bonds is 5. The molecule has 0 radical (unpaired) electrons. The first-order valence-electron chi connectivity index (χ1n) is 5.96. The highest BCUT2D eigenvalue weighted by atomic mass is 79.9. The molecular formula is C13H14BrF4NO. The molecule has 112 valence electrons. The van der Waals surface area contributed by atoms with E-state index in [1.807, 2.05) is 6.92 Å². The molecule has 1 N–H and O–H groups in total. The molecule has 0 spiro atoms. The van der Waals surface area contributed by atoms with Gasteiger partial charge >= 0.3 is 6.18 Å². The van der Waals surface area contributed by atoms with Gasteiger partial charge in [-0.2, -0.15) is 13.2 Å². The second-order valence-electron chi connectivity index (χ2n) is 4.49. The van der Waals surface area contributed by atoms with E-state index >= 15 is 0 Å². The number of amides is 1. The van der Waals surface area contributed by atoms with Crippen molar-refractivity contribution >= 4 is 21.8 Å². The van der Waals surface area contributed by atoms with Crippen molar-refractivity contribution in [1.29, 1.82) is 0 Å². The van der Waals surface area contributed by atoms with Crippen molar-refractivity contribution in [1.82, 2.24) is 5.32 Å². The minimum atomic E-state index is -4.61. The van der Waals surface area contributed by atoms with Crippen molar-refractivity contribution in [2.75, 3.05) is 11.9 Å². The molecule has 1 atom stereocenters. The van der Waals surface area contributed by atoms with Crippen molar-refractivity contribution in [2.24, 2.45) is 5.92 Å². The second kappa shape index (κ2) is 7.06. The van der Waals surface area contributed by atoms with Crippen molar-refractivity contribution in [3.05, 3.63) is 35.1 Å². The minimum Gasteiger partial charge on any atom is -0.352 e. The zero-order valence-electron chi connectivity index (χ0n) is 10.7. The van der Waals surface area contributed by atoms with Gasteiger partial charge in [-0.1, -0.05) is 22.9 Å². The van der Waals surface area contributed by atoms with Crippen molar-refractivity contribution in [3.63, 3.8) is 0 Å². The largest absolute Gasteiger partial charge is 0.416 e. The summed E-state index contributed by atoms with van der Waals surface area (Å²) in [6.45, 7) is 2.16. The first-order valence-corrected chi connectivity index (χ1v) is 7.08. The Morgan fingerprint density at radius 2 is 2.05 bits per heavy atom. The Kier molecular flexibility index (Phi) is 5.98. The Hall–Kier alpha value is -1.11. The Morgan fingerprint density at radius 3 is 2.60 bits per heavy atom. The molecule has 1 aromatic rings. The van der Waals surface area contributed by atoms with Gasteiger partial charge in [-0.05, 0) is 30.5 Å². The molecule has 1 unspecified atom stereocenters. The molecule has 0 aliphatic heterocycles. The SMILES string of the molecule is CC(CCBr)CNC(=O)c1cc(C(F)(F)F)ccc1F. The summed E-state index contributed by atoms with van der Waals surface area (Å²) < 4.78 is 51.0. The van der Waals surface area contributed by atoms with Gasteiger partial charge in [-0.15, -0.1) is 0 Å². The van der Waals surface area contributed by atoms with Crippen molar-refractivity contribution in [2.45, 2.75) is 19.5 Å². The quantitative estimate of drug-likeness (QED) is 0.627. The molecule has 0 saturated carbocycles. The first kappa shape index (κ1) is 16.9. The Labute approximate surface area is 122 Å². The van der Waals surface area contributed by atoms with Gasteiger partial charge in [0.1, 0.15) is 5.82 Å². The fraction of sp³-hybridized carbons (Fsp3) is 0.462. The van der Waals surface area contributed by atoms with E-state index in [1.165, 1.54) is 0 Å². The van der Waals surface area contributed by atoms with Crippen LogP contribution in [0, 0.1) is 11.7 Å². The summed E-state index contributed by atoms with van der Waals surface area (Å²) in [4.78, 5) is 11.7. The summed E-state index contributed by atoms with van der Waals surface area (Å²) in [6, 6.07) is 1.79. The molecule has 0 aliphatic carbocycles. The Morgan fingerprint density at radius 1 is 1.40 bits per heavy atom. The third-order valence-corrected chi connectivity index (χ3v) is 3.21. The van der Waals surface area contributed by atoms with Gasteiger partial charge in [0.15, 0.2) is 0 Å². The van der Waals surface area contributed by atoms with Gasteiger partial charge in [0.05, 0.1) is 11.1 Å². The molecule has 0 bridgehead atoms. The highest BCUT2D eigenvalue weighted by molar-refractivity contribution is 9.09. The lowest BCUT2D eigenvalue weighted by atomic mass is 10.1. The number of nitrogens with one attached hydrogen (secondary N) is 1. The van der Waals surface area contributed by atoms with E-state index in [0.29, 0.717) is 18.2 Å². The van der Waals surface area contributed by atoms with E-state index in [4.69, 9.17) is 0 Å². The summed E-state index contributed by atoms with van der Waals surface area (Å²) >= 11 is 3.25. The van der Waals surface area contributed by atoms with E-state index in [-0.39, 0.29) is 12.5 Å². The van der Waals surface area contributed by atoms with Crippen LogP contribution in [0.3, 0.4) is 0 Å². The first-order chi connectivity index (χ1) is 9.25. The number of hydrogen-bond acceptors (Lipinski definition) is 1. The number of benzene rings is 1. The fourth-order valence-electron chi connectivity index (χ4n) is 1.53. The standard InChI is InChI=1S/C13H14BrF4NO/c1-8(4-5-14)7-19-12(20)10-6-9(13(16,17)18)2-3-11(10)15/h2-3,6,8H,4-5,7H2,1H3,(H,19,20). The number of halogens is 5. The number of carbonyl (C=O) groups is 1.